The number of hydrogen-bond donors (Lipinski definition) is 1. The van der Waals surface area contributed by atoms with Gasteiger partial charge < -0.3 is 5.73 Å². The zero-order valence-corrected chi connectivity index (χ0v) is 13.2. The zero-order valence-electron chi connectivity index (χ0n) is 13.2. The van der Waals surface area contributed by atoms with E-state index in [4.69, 9.17) is 5.73 Å². The molecule has 0 amide bonds. The molecule has 1 atom stereocenters. The van der Waals surface area contributed by atoms with E-state index < -0.39 is 0 Å². The Morgan fingerprint density at radius 1 is 0.722 bits per heavy atom. The van der Waals surface area contributed by atoms with Crippen molar-refractivity contribution < 1.29 is 0 Å². The molecule has 1 nitrogen and oxygen atoms in total. The van der Waals surface area contributed by atoms with Gasteiger partial charge in [-0.15, -0.1) is 0 Å². The zero-order chi connectivity index (χ0) is 13.6. The Morgan fingerprint density at radius 3 is 1.61 bits per heavy atom. The van der Waals surface area contributed by atoms with Crippen LogP contribution in [0.4, 0.5) is 0 Å². The summed E-state index contributed by atoms with van der Waals surface area (Å²) in [4.78, 5) is 0. The van der Waals surface area contributed by atoms with Gasteiger partial charge >= 0.3 is 0 Å². The van der Waals surface area contributed by atoms with Gasteiger partial charge in [0.1, 0.15) is 0 Å². The fraction of sp³-hybridized carbons (Fsp3) is 1.00. The quantitative estimate of drug-likeness (QED) is 0.421. The predicted molar refractivity (Wildman–Crippen MR) is 83.9 cm³/mol. The minimum atomic E-state index is 0.444. The van der Waals surface area contributed by atoms with Crippen molar-refractivity contribution in [3.05, 3.63) is 0 Å². The molecule has 0 fully saturated rings. The van der Waals surface area contributed by atoms with Gasteiger partial charge in [0.05, 0.1) is 0 Å². The summed E-state index contributed by atoms with van der Waals surface area (Å²) in [5, 5.41) is 0. The monoisotopic (exact) mass is 255 g/mol. The van der Waals surface area contributed by atoms with E-state index in [2.05, 4.69) is 20.8 Å². The molecule has 0 aromatic heterocycles. The first kappa shape index (κ1) is 18.0. The smallest absolute Gasteiger partial charge is 0.00412 e. The Labute approximate surface area is 116 Å². The van der Waals surface area contributed by atoms with Crippen LogP contribution >= 0.6 is 0 Å². The van der Waals surface area contributed by atoms with Crippen LogP contribution in [0.25, 0.3) is 0 Å². The fourth-order valence-corrected chi connectivity index (χ4v) is 2.62. The van der Waals surface area contributed by atoms with Gasteiger partial charge in [-0.2, -0.15) is 0 Å². The van der Waals surface area contributed by atoms with Gasteiger partial charge in [0, 0.05) is 6.04 Å². The Kier molecular flexibility index (Phi) is 13.4. The molecule has 0 spiro atoms. The lowest BCUT2D eigenvalue weighted by Crippen LogP contribution is -2.21. The third-order valence-corrected chi connectivity index (χ3v) is 3.70. The summed E-state index contributed by atoms with van der Waals surface area (Å²) >= 11 is 0. The fourth-order valence-electron chi connectivity index (χ4n) is 2.62. The molecule has 0 saturated carbocycles. The summed E-state index contributed by atoms with van der Waals surface area (Å²) in [5.41, 5.74) is 6.08. The van der Waals surface area contributed by atoms with E-state index in [1.54, 1.807) is 0 Å². The Bertz CT molecular complexity index is 154. The topological polar surface area (TPSA) is 26.0 Å². The molecule has 0 aliphatic rings. The molecule has 2 N–H and O–H groups in total. The molecular weight excluding hydrogens is 218 g/mol. The SMILES string of the molecule is CCCCCCCCCCCCC(N)CC(C)C. The van der Waals surface area contributed by atoms with Crippen molar-refractivity contribution in [2.24, 2.45) is 11.7 Å². The van der Waals surface area contributed by atoms with Crippen LogP contribution in [0.3, 0.4) is 0 Å². The molecule has 0 aliphatic heterocycles. The van der Waals surface area contributed by atoms with Gasteiger partial charge in [-0.3, -0.25) is 0 Å². The highest BCUT2D eigenvalue weighted by Gasteiger charge is 2.04. The van der Waals surface area contributed by atoms with E-state index in [1.165, 1.54) is 77.0 Å². The predicted octanol–water partition coefficient (Wildman–Crippen LogP) is 5.67. The van der Waals surface area contributed by atoms with Crippen LogP contribution in [0.1, 0.15) is 97.8 Å². The van der Waals surface area contributed by atoms with Gasteiger partial charge in [0.2, 0.25) is 0 Å². The van der Waals surface area contributed by atoms with Crippen LogP contribution in [0, 0.1) is 5.92 Å². The summed E-state index contributed by atoms with van der Waals surface area (Å²) in [5.74, 6) is 0.753. The van der Waals surface area contributed by atoms with E-state index in [-0.39, 0.29) is 0 Å². The van der Waals surface area contributed by atoms with E-state index in [1.807, 2.05) is 0 Å². The number of hydrogen-bond acceptors (Lipinski definition) is 1. The second-order valence-electron chi connectivity index (χ2n) is 6.36. The molecule has 0 aromatic rings. The Balaban J connectivity index is 3.07. The molecule has 0 radical (unpaired) electrons. The van der Waals surface area contributed by atoms with Crippen LogP contribution in [-0.4, -0.2) is 6.04 Å². The lowest BCUT2D eigenvalue weighted by Gasteiger charge is -2.13. The molecular formula is C17H37N. The van der Waals surface area contributed by atoms with Gasteiger partial charge in [-0.05, 0) is 18.8 Å². The second-order valence-corrected chi connectivity index (χ2v) is 6.36. The average molecular weight is 255 g/mol. The number of nitrogens with two attached hydrogens (primary N) is 1. The molecule has 0 bridgehead atoms. The largest absolute Gasteiger partial charge is 0.328 e. The van der Waals surface area contributed by atoms with Gasteiger partial charge in [0.15, 0.2) is 0 Å². The summed E-state index contributed by atoms with van der Waals surface area (Å²) in [7, 11) is 0. The van der Waals surface area contributed by atoms with E-state index >= 15 is 0 Å². The van der Waals surface area contributed by atoms with E-state index in [0.29, 0.717) is 6.04 Å². The van der Waals surface area contributed by atoms with Gasteiger partial charge in [-0.25, -0.2) is 0 Å². The standard InChI is InChI=1S/C17H37N/c1-4-5-6-7-8-9-10-11-12-13-14-17(18)15-16(2)3/h16-17H,4-15,18H2,1-3H3. The molecule has 0 aromatic carbocycles. The first-order valence-corrected chi connectivity index (χ1v) is 8.42. The van der Waals surface area contributed by atoms with Crippen molar-refractivity contribution in [1.29, 1.82) is 0 Å². The molecule has 0 saturated heterocycles. The maximum Gasteiger partial charge on any atom is 0.00412 e. The number of unbranched alkanes of at least 4 members (excludes halogenated alkanes) is 9. The van der Waals surface area contributed by atoms with Crippen LogP contribution in [0.15, 0.2) is 0 Å². The van der Waals surface area contributed by atoms with Gasteiger partial charge in [-0.1, -0.05) is 85.0 Å². The van der Waals surface area contributed by atoms with E-state index in [9.17, 15) is 0 Å². The van der Waals surface area contributed by atoms with Crippen LogP contribution in [0.2, 0.25) is 0 Å². The summed E-state index contributed by atoms with van der Waals surface area (Å²) in [6.07, 6.45) is 16.6. The van der Waals surface area contributed by atoms with E-state index in [0.717, 1.165) is 5.92 Å². The minimum Gasteiger partial charge on any atom is -0.328 e. The maximum absolute atomic E-state index is 6.08. The highest BCUT2D eigenvalue weighted by atomic mass is 14.6. The minimum absolute atomic E-state index is 0.444. The summed E-state index contributed by atoms with van der Waals surface area (Å²) < 4.78 is 0. The molecule has 110 valence electrons. The maximum atomic E-state index is 6.08. The summed E-state index contributed by atoms with van der Waals surface area (Å²) in [6.45, 7) is 6.81. The van der Waals surface area contributed by atoms with Crippen molar-refractivity contribution in [3.63, 3.8) is 0 Å². The van der Waals surface area contributed by atoms with Crippen molar-refractivity contribution in [2.45, 2.75) is 104 Å². The van der Waals surface area contributed by atoms with Crippen molar-refractivity contribution in [2.75, 3.05) is 0 Å². The third kappa shape index (κ3) is 14.0. The normalized spacial score (nSPS) is 13.2. The molecule has 1 unspecified atom stereocenters. The lowest BCUT2D eigenvalue weighted by molar-refractivity contribution is 0.450. The molecule has 0 heterocycles. The first-order chi connectivity index (χ1) is 8.66. The summed E-state index contributed by atoms with van der Waals surface area (Å²) in [6, 6.07) is 0.444. The molecule has 1 heteroatoms. The average Bonchev–Trinajstić information content (AvgIpc) is 2.30. The highest BCUT2D eigenvalue weighted by Crippen LogP contribution is 2.13. The third-order valence-electron chi connectivity index (χ3n) is 3.70. The van der Waals surface area contributed by atoms with Crippen molar-refractivity contribution in [3.8, 4) is 0 Å². The van der Waals surface area contributed by atoms with Crippen LogP contribution in [0.5, 0.6) is 0 Å². The first-order valence-electron chi connectivity index (χ1n) is 8.42. The van der Waals surface area contributed by atoms with Crippen LogP contribution in [-0.2, 0) is 0 Å². The van der Waals surface area contributed by atoms with Crippen molar-refractivity contribution in [1.82, 2.24) is 0 Å². The second kappa shape index (κ2) is 13.4. The Morgan fingerprint density at radius 2 is 1.17 bits per heavy atom. The highest BCUT2D eigenvalue weighted by molar-refractivity contribution is 4.63. The van der Waals surface area contributed by atoms with Crippen molar-refractivity contribution >= 4 is 0 Å². The Hall–Kier alpha value is -0.0400. The number of rotatable bonds is 13. The lowest BCUT2D eigenvalue weighted by atomic mass is 9.98. The van der Waals surface area contributed by atoms with Gasteiger partial charge in [0.25, 0.3) is 0 Å². The molecule has 0 aliphatic carbocycles. The molecule has 0 rings (SSSR count). The molecule has 18 heavy (non-hydrogen) atoms. The van der Waals surface area contributed by atoms with Crippen LogP contribution < -0.4 is 5.73 Å².